The van der Waals surface area contributed by atoms with Gasteiger partial charge in [-0.15, -0.1) is 0 Å². The summed E-state index contributed by atoms with van der Waals surface area (Å²) >= 11 is 7.73. The highest BCUT2D eigenvalue weighted by Gasteiger charge is 2.25. The lowest BCUT2D eigenvalue weighted by Gasteiger charge is -2.18. The lowest BCUT2D eigenvalue weighted by molar-refractivity contribution is 0.0510. The van der Waals surface area contributed by atoms with E-state index in [9.17, 15) is 39.0 Å². The molecule has 646 valence electrons. The molecule has 6 aromatic carbocycles. The minimum atomic E-state index is -0.457. The number of phenolic OH excluding ortho intramolecular Hbond substituents is 1. The van der Waals surface area contributed by atoms with Gasteiger partial charge in [0.15, 0.2) is 11.3 Å². The van der Waals surface area contributed by atoms with Crippen molar-refractivity contribution in [2.24, 2.45) is 4.99 Å². The molecule has 0 saturated heterocycles. The monoisotopic (exact) mass is 1970 g/mol. The van der Waals surface area contributed by atoms with Crippen LogP contribution in [-0.4, -0.2) is 98.8 Å². The van der Waals surface area contributed by atoms with E-state index in [1.54, 1.807) is 49.7 Å². The summed E-state index contributed by atoms with van der Waals surface area (Å²) in [5.41, 5.74) is 30.7. The third kappa shape index (κ3) is 19.1. The summed E-state index contributed by atoms with van der Waals surface area (Å²) in [6.07, 6.45) is 4.31. The zero-order chi connectivity index (χ0) is 90.4. The van der Waals surface area contributed by atoms with Crippen molar-refractivity contribution in [2.75, 3.05) is 23.8 Å². The number of fused-ring (bicyclic) bond motifs is 8. The summed E-state index contributed by atoms with van der Waals surface area (Å²) < 4.78 is 18.9. The number of aromatic hydroxyl groups is 1. The molecule has 10 aromatic heterocycles. The van der Waals surface area contributed by atoms with E-state index < -0.39 is 5.97 Å². The van der Waals surface area contributed by atoms with Crippen molar-refractivity contribution in [1.29, 1.82) is 0 Å². The van der Waals surface area contributed by atoms with Crippen molar-refractivity contribution < 1.29 is 19.7 Å². The van der Waals surface area contributed by atoms with Crippen LogP contribution in [0.15, 0.2) is 194 Å². The number of pyridine rings is 5. The average Bonchev–Trinajstić information content (AvgIpc) is 1.72. The van der Waals surface area contributed by atoms with Crippen LogP contribution in [0.4, 0.5) is 17.5 Å². The number of ether oxygens (including phenoxy) is 1. The Kier molecular flexibility index (Phi) is 28.9. The van der Waals surface area contributed by atoms with Crippen LogP contribution in [0.2, 0.25) is 0 Å². The molecule has 17 rings (SSSR count). The molecule has 0 unspecified atom stereocenters. The Morgan fingerprint density at radius 1 is 0.456 bits per heavy atom. The van der Waals surface area contributed by atoms with Crippen LogP contribution in [0.1, 0.15) is 179 Å². The fourth-order valence-electron chi connectivity index (χ4n) is 16.0. The molecule has 0 bridgehead atoms. The quantitative estimate of drug-likeness (QED) is 0.0383. The number of aliphatic imine (C=N–C) groups is 1. The number of aliphatic hydroxyl groups is 1. The molecule has 1 aliphatic rings. The minimum Gasteiger partial charge on any atom is -0.508 e. The maximum absolute atomic E-state index is 13.4. The molecule has 125 heavy (non-hydrogen) atoms. The number of rotatable bonds is 14. The average molecular weight is 1970 g/mol. The molecule has 11 heterocycles. The minimum absolute atomic E-state index is 0.0142. The van der Waals surface area contributed by atoms with Gasteiger partial charge in [0.05, 0.1) is 81.8 Å². The summed E-state index contributed by atoms with van der Waals surface area (Å²) in [5, 5.41) is 39.0. The molecular formula is C94H100BrI2N19O9. The molecule has 0 fully saturated rings. The molecule has 0 amide bonds. The Labute approximate surface area is 756 Å². The van der Waals surface area contributed by atoms with Crippen LogP contribution >= 0.6 is 61.1 Å². The summed E-state index contributed by atoms with van der Waals surface area (Å²) in [6, 6.07) is 45.9. The zero-order valence-electron chi connectivity index (χ0n) is 72.5. The summed E-state index contributed by atoms with van der Waals surface area (Å²) in [5.74, 6) is 0.914. The van der Waals surface area contributed by atoms with Crippen LogP contribution in [0, 0.1) is 38.3 Å². The Morgan fingerprint density at radius 3 is 1.24 bits per heavy atom. The number of nitrogens with two attached hydrogens (primary N) is 3. The highest BCUT2D eigenvalue weighted by atomic mass is 127. The van der Waals surface area contributed by atoms with Crippen LogP contribution in [-0.2, 0) is 36.3 Å². The van der Waals surface area contributed by atoms with Gasteiger partial charge in [-0.25, -0.2) is 44.1 Å². The molecule has 0 spiro atoms. The third-order valence-electron chi connectivity index (χ3n) is 21.5. The first kappa shape index (κ1) is 92.0. The highest BCUT2D eigenvalue weighted by molar-refractivity contribution is 14.1. The normalized spacial score (nSPS) is 11.7. The van der Waals surface area contributed by atoms with Gasteiger partial charge in [0.1, 0.15) is 61.0 Å². The van der Waals surface area contributed by atoms with Gasteiger partial charge in [-0.1, -0.05) is 119 Å². The van der Waals surface area contributed by atoms with Crippen LogP contribution in [0.25, 0.3) is 87.2 Å². The summed E-state index contributed by atoms with van der Waals surface area (Å²) in [4.78, 5) is 105. The highest BCUT2D eigenvalue weighted by Crippen LogP contribution is 2.34. The van der Waals surface area contributed by atoms with Gasteiger partial charge in [0.2, 0.25) is 0 Å². The molecular weight excluding hydrogens is 1870 g/mol. The second-order valence-corrected chi connectivity index (χ2v) is 34.3. The number of carbonyl (C=O) groups excluding carboxylic acids is 1. The second-order valence-electron chi connectivity index (χ2n) is 31.7. The molecule has 0 atom stereocenters. The Hall–Kier alpha value is -12.2. The van der Waals surface area contributed by atoms with Crippen molar-refractivity contribution in [2.45, 2.75) is 173 Å². The molecule has 0 saturated carbocycles. The number of nitrogens with zero attached hydrogens (tertiary/aromatic N) is 16. The number of benzene rings is 6. The number of hydrogen-bond donors (Lipinski definition) is 5. The lowest BCUT2D eigenvalue weighted by atomic mass is 10.1. The summed E-state index contributed by atoms with van der Waals surface area (Å²) in [6.45, 7) is 32.8. The van der Waals surface area contributed by atoms with E-state index in [4.69, 9.17) is 27.0 Å². The van der Waals surface area contributed by atoms with Gasteiger partial charge in [0.25, 0.3) is 27.8 Å². The fourth-order valence-corrected chi connectivity index (χ4v) is 17.9. The number of alkyl halides is 1. The Bertz CT molecular complexity index is 7090. The molecule has 0 aliphatic carbocycles. The van der Waals surface area contributed by atoms with Gasteiger partial charge >= 0.3 is 5.97 Å². The van der Waals surface area contributed by atoms with Crippen molar-refractivity contribution >= 4 is 164 Å². The number of anilines is 3. The number of halogens is 3. The van der Waals surface area contributed by atoms with E-state index >= 15 is 0 Å². The number of nitrogen functional groups attached to an aromatic ring is 3. The number of carbonyl (C=O) groups is 1. The fraction of sp³-hybridized carbons (Fsp3) is 0.287. The first-order valence-electron chi connectivity index (χ1n) is 40.8. The molecule has 28 nitrogen and oxygen atoms in total. The first-order chi connectivity index (χ1) is 59.6. The van der Waals surface area contributed by atoms with Crippen LogP contribution in [0.3, 0.4) is 0 Å². The van der Waals surface area contributed by atoms with E-state index in [0.717, 1.165) is 117 Å². The van der Waals surface area contributed by atoms with Gasteiger partial charge in [-0.05, 0) is 253 Å². The predicted octanol–water partition coefficient (Wildman–Crippen LogP) is 17.3. The molecule has 0 radical (unpaired) electrons. The third-order valence-corrected chi connectivity index (χ3v) is 23.7. The Balaban J connectivity index is 0.000000141. The molecule has 8 N–H and O–H groups in total. The topological polar surface area (TPSA) is 380 Å². The Morgan fingerprint density at radius 2 is 0.824 bits per heavy atom. The second kappa shape index (κ2) is 39.3. The standard InChI is InChI=1S/C25H24N6O2.C19H19IN6O.C16H19NO3.C14H16BrNO.C14H17NO2.C6H5IN4/c1-14(2)31-18(10-16-7-4-6-15(3)20(16)25(31)33)12-30-24-21(23(26)27-13-28-24)22(29-30)17-8-5-9-19(32)11-17;1-10(2)26-13(7-12-6-4-5-11(3)14(12)19(26)27)8-25-18-15(16(20)24-25)17(21)22-9-23-18;1-5-20-16(19)13-9-12-8-6-7-11(4)14(12)15(18)17(13)10(2)3;1-9(2)16-12(8-15)7-11-6-4-5-10(3)13(11)14(16)17;1-9(2)15-12(8-16)7-11-6-4-5-10(3)13(11)14(15)17;7-5-4-3(1-9-5)10-2-11-6(4)8/h4-11,13-14,32H,12H2,1-3H3,(H2,26,27,28);4-7,9-10H,8H2,1-3H3,(H2,21,22,23);6-10H,5H2,1-4H3;4-7,9H,8H2,1-3H3;4-7,9,16H,8H2,1-3H3;2H,1H2,(H2,8,10,11). The molecule has 31 heteroatoms. The number of esters is 1. The number of phenols is 1. The number of aryl methyl sites for hydroxylation is 5. The van der Waals surface area contributed by atoms with E-state index in [1.807, 2.05) is 222 Å². The van der Waals surface area contributed by atoms with Gasteiger partial charge in [0, 0.05) is 63.9 Å². The largest absolute Gasteiger partial charge is 0.508 e. The van der Waals surface area contributed by atoms with E-state index in [0.29, 0.717) is 87.1 Å². The van der Waals surface area contributed by atoms with Gasteiger partial charge < -0.3 is 50.4 Å². The van der Waals surface area contributed by atoms with Crippen LogP contribution < -0.4 is 45.0 Å². The van der Waals surface area contributed by atoms with Crippen molar-refractivity contribution in [1.82, 2.24) is 72.3 Å². The predicted molar refractivity (Wildman–Crippen MR) is 519 cm³/mol. The molecule has 16 aromatic rings. The number of aromatic nitrogens is 15. The maximum atomic E-state index is 13.4. The van der Waals surface area contributed by atoms with E-state index in [-0.39, 0.29) is 77.0 Å². The first-order valence-corrected chi connectivity index (χ1v) is 44.1. The maximum Gasteiger partial charge on any atom is 0.355 e. The number of hydrogen-bond acceptors (Lipinski definition) is 21. The smallest absolute Gasteiger partial charge is 0.355 e. The van der Waals surface area contributed by atoms with Crippen molar-refractivity contribution in [3.63, 3.8) is 0 Å². The van der Waals surface area contributed by atoms with E-state index in [1.165, 1.54) is 23.5 Å². The van der Waals surface area contributed by atoms with Crippen molar-refractivity contribution in [3.05, 3.63) is 288 Å². The van der Waals surface area contributed by atoms with E-state index in [2.05, 4.69) is 113 Å². The number of aliphatic hydroxyl groups excluding tert-OH is 1. The van der Waals surface area contributed by atoms with Gasteiger partial charge in [-0.3, -0.25) is 33.5 Å². The van der Waals surface area contributed by atoms with Crippen LogP contribution in [0.5, 0.6) is 5.75 Å². The van der Waals surface area contributed by atoms with Crippen molar-refractivity contribution in [3.8, 4) is 17.0 Å². The molecule has 1 aliphatic heterocycles. The lowest BCUT2D eigenvalue weighted by Crippen LogP contribution is -2.29. The summed E-state index contributed by atoms with van der Waals surface area (Å²) in [7, 11) is 0. The van der Waals surface area contributed by atoms with Gasteiger partial charge in [-0.2, -0.15) is 10.2 Å². The zero-order valence-corrected chi connectivity index (χ0v) is 78.4. The SMILES string of the molecule is CCOC(=O)c1cc2cccc(C)c2c(=O)n1C(C)C.Cc1cccc2cc(CBr)n(C(C)C)c(=O)c12.Cc1cccc2cc(CO)n(C(C)C)c(=O)c12.Cc1cccc2cc(Cn3nc(-c4cccc(O)c4)c4c(N)ncnc43)n(C(C)C)c(=O)c12.Cc1cccc2cc(Cn3nc(I)c4c(N)ncnc43)n(C(C)C)c(=O)c12.Nc1ncnc2c1C(I)=NC2.